The Morgan fingerprint density at radius 2 is 2.18 bits per heavy atom. The molecule has 34 heavy (non-hydrogen) atoms. The third-order valence-corrected chi connectivity index (χ3v) is 6.48. The minimum Gasteiger partial charge on any atom is -0.468 e. The quantitative estimate of drug-likeness (QED) is 0.404. The van der Waals surface area contributed by atoms with Gasteiger partial charge >= 0.3 is 0 Å². The third kappa shape index (κ3) is 4.80. The van der Waals surface area contributed by atoms with Gasteiger partial charge in [-0.25, -0.2) is 4.68 Å². The van der Waals surface area contributed by atoms with Crippen molar-refractivity contribution in [2.45, 2.75) is 64.9 Å². The zero-order chi connectivity index (χ0) is 23.5. The Hall–Kier alpha value is -3.30. The van der Waals surface area contributed by atoms with Crippen molar-refractivity contribution in [3.8, 4) is 0 Å². The summed E-state index contributed by atoms with van der Waals surface area (Å²) in [6.07, 6.45) is 4.65. The van der Waals surface area contributed by atoms with Gasteiger partial charge in [0.05, 0.1) is 31.5 Å². The minimum absolute atomic E-state index is 0.0867. The second-order valence-electron chi connectivity index (χ2n) is 8.98. The van der Waals surface area contributed by atoms with Gasteiger partial charge in [-0.05, 0) is 71.8 Å². The maximum Gasteiger partial charge on any atom is 0.252 e. The van der Waals surface area contributed by atoms with Gasteiger partial charge in [-0.3, -0.25) is 9.69 Å². The van der Waals surface area contributed by atoms with Gasteiger partial charge in [0, 0.05) is 24.2 Å². The first-order valence-corrected chi connectivity index (χ1v) is 11.9. The van der Waals surface area contributed by atoms with E-state index in [1.54, 1.807) is 6.26 Å². The third-order valence-electron chi connectivity index (χ3n) is 6.48. The van der Waals surface area contributed by atoms with Crippen LogP contribution in [0.2, 0.25) is 0 Å². The van der Waals surface area contributed by atoms with Gasteiger partial charge in [-0.1, -0.05) is 19.1 Å². The van der Waals surface area contributed by atoms with Crippen LogP contribution in [0.5, 0.6) is 0 Å². The lowest BCUT2D eigenvalue weighted by molar-refractivity contribution is 0.0882. The predicted molar refractivity (Wildman–Crippen MR) is 127 cm³/mol. The Balaban J connectivity index is 1.48. The molecule has 0 bridgehead atoms. The molecule has 178 valence electrons. The number of furan rings is 1. The summed E-state index contributed by atoms with van der Waals surface area (Å²) in [6, 6.07) is 11.8. The number of nitrogens with one attached hydrogen (secondary N) is 1. The lowest BCUT2D eigenvalue weighted by Crippen LogP contribution is -2.33. The molecule has 0 unspecified atom stereocenters. The zero-order valence-electron chi connectivity index (χ0n) is 19.6. The van der Waals surface area contributed by atoms with Crippen molar-refractivity contribution in [1.29, 1.82) is 0 Å². The summed E-state index contributed by atoms with van der Waals surface area (Å²) in [7, 11) is 0. The molecule has 0 aliphatic carbocycles. The summed E-state index contributed by atoms with van der Waals surface area (Å²) in [6.45, 7) is 6.51. The van der Waals surface area contributed by atoms with E-state index in [1.807, 2.05) is 41.9 Å². The van der Waals surface area contributed by atoms with E-state index in [0.29, 0.717) is 25.2 Å². The molecule has 4 aromatic rings. The number of rotatable bonds is 9. The Bertz CT molecular complexity index is 1290. The number of ether oxygens (including phenoxy) is 1. The van der Waals surface area contributed by atoms with Crippen molar-refractivity contribution in [2.75, 3.05) is 6.61 Å². The Kier molecular flexibility index (Phi) is 6.55. The fourth-order valence-electron chi connectivity index (χ4n) is 4.74. The van der Waals surface area contributed by atoms with Crippen molar-refractivity contribution in [2.24, 2.45) is 0 Å². The van der Waals surface area contributed by atoms with Crippen LogP contribution >= 0.6 is 0 Å². The molecule has 9 heteroatoms. The Morgan fingerprint density at radius 3 is 2.94 bits per heavy atom. The molecule has 1 aromatic carbocycles. The molecule has 5 rings (SSSR count). The van der Waals surface area contributed by atoms with Crippen molar-refractivity contribution < 1.29 is 9.15 Å². The summed E-state index contributed by atoms with van der Waals surface area (Å²) in [5.74, 6) is 1.60. The van der Waals surface area contributed by atoms with Crippen molar-refractivity contribution in [1.82, 2.24) is 30.1 Å². The highest BCUT2D eigenvalue weighted by molar-refractivity contribution is 5.79. The molecule has 0 spiro atoms. The highest BCUT2D eigenvalue weighted by Crippen LogP contribution is 2.27. The highest BCUT2D eigenvalue weighted by atomic mass is 16.5. The molecule has 0 radical (unpaired) electrons. The summed E-state index contributed by atoms with van der Waals surface area (Å²) < 4.78 is 13.3. The van der Waals surface area contributed by atoms with Gasteiger partial charge < -0.3 is 14.1 Å². The van der Waals surface area contributed by atoms with Crippen LogP contribution in [0.4, 0.5) is 0 Å². The van der Waals surface area contributed by atoms with Gasteiger partial charge in [0.1, 0.15) is 5.76 Å². The van der Waals surface area contributed by atoms with Gasteiger partial charge in [0.15, 0.2) is 5.82 Å². The van der Waals surface area contributed by atoms with E-state index in [0.717, 1.165) is 53.9 Å². The minimum atomic E-state index is -0.102. The van der Waals surface area contributed by atoms with Crippen LogP contribution in [0.1, 0.15) is 54.9 Å². The van der Waals surface area contributed by atoms with Gasteiger partial charge in [0.25, 0.3) is 5.56 Å². The van der Waals surface area contributed by atoms with E-state index in [9.17, 15) is 4.79 Å². The number of nitrogens with zero attached hydrogens (tertiary/aromatic N) is 5. The van der Waals surface area contributed by atoms with Gasteiger partial charge in [-0.2, -0.15) is 0 Å². The largest absolute Gasteiger partial charge is 0.468 e. The molecule has 1 aliphatic heterocycles. The van der Waals surface area contributed by atoms with Crippen LogP contribution in [0.25, 0.3) is 10.9 Å². The van der Waals surface area contributed by atoms with E-state index in [1.165, 1.54) is 0 Å². The molecular formula is C25H30N6O3. The van der Waals surface area contributed by atoms with E-state index in [-0.39, 0.29) is 17.7 Å². The second-order valence-corrected chi connectivity index (χ2v) is 8.98. The Morgan fingerprint density at radius 1 is 1.26 bits per heavy atom. The lowest BCUT2D eigenvalue weighted by atomic mass is 10.1. The molecule has 3 aromatic heterocycles. The maximum atomic E-state index is 13.0. The van der Waals surface area contributed by atoms with Crippen LogP contribution < -0.4 is 5.56 Å². The number of tetrazole rings is 1. The number of hydrogen-bond acceptors (Lipinski definition) is 7. The van der Waals surface area contributed by atoms with E-state index < -0.39 is 0 Å². The van der Waals surface area contributed by atoms with E-state index in [2.05, 4.69) is 38.4 Å². The topological polar surface area (TPSA) is 102 Å². The second kappa shape index (κ2) is 9.90. The molecule has 1 fully saturated rings. The average molecular weight is 463 g/mol. The van der Waals surface area contributed by atoms with Crippen LogP contribution in [-0.2, 0) is 24.4 Å². The fraction of sp³-hybridized carbons (Fsp3) is 0.440. The number of pyridine rings is 1. The molecule has 2 atom stereocenters. The van der Waals surface area contributed by atoms with Gasteiger partial charge in [-0.15, -0.1) is 5.10 Å². The van der Waals surface area contributed by atoms with Crippen molar-refractivity contribution >= 4 is 10.9 Å². The predicted octanol–water partition coefficient (Wildman–Crippen LogP) is 3.75. The fourth-order valence-corrected chi connectivity index (χ4v) is 4.74. The van der Waals surface area contributed by atoms with Crippen LogP contribution in [0.3, 0.4) is 0 Å². The first-order chi connectivity index (χ1) is 16.6. The first-order valence-electron chi connectivity index (χ1n) is 11.9. The lowest BCUT2D eigenvalue weighted by Gasteiger charge is -2.29. The Labute approximate surface area is 197 Å². The standard InChI is InChI=1S/C25H30N6O3/c1-3-23(24-27-28-29-31(24)16-21-7-5-11-34-21)30(15-20-6-4-10-33-20)14-19-13-18-9-8-17(2)12-22(18)26-25(19)32/h4,6,8-10,12-13,21,23H,3,5,7,11,14-16H2,1-2H3,(H,26,32)/t21-,23+/m0/s1. The summed E-state index contributed by atoms with van der Waals surface area (Å²) in [4.78, 5) is 18.3. The number of fused-ring (bicyclic) bond motifs is 1. The number of H-pyrrole nitrogens is 1. The summed E-state index contributed by atoms with van der Waals surface area (Å²) >= 11 is 0. The number of aromatic amines is 1. The molecule has 4 heterocycles. The molecule has 1 aliphatic rings. The smallest absolute Gasteiger partial charge is 0.252 e. The monoisotopic (exact) mass is 462 g/mol. The molecule has 9 nitrogen and oxygen atoms in total. The van der Waals surface area contributed by atoms with Crippen LogP contribution in [0.15, 0.2) is 51.9 Å². The van der Waals surface area contributed by atoms with E-state index in [4.69, 9.17) is 9.15 Å². The SMILES string of the molecule is CC[C@H](c1nnnn1C[C@@H]1CCCO1)N(Cc1ccco1)Cc1cc2ccc(C)cc2[nH]c1=O. The molecular weight excluding hydrogens is 432 g/mol. The van der Waals surface area contributed by atoms with Gasteiger partial charge in [0.2, 0.25) is 0 Å². The molecule has 0 amide bonds. The number of aromatic nitrogens is 5. The maximum absolute atomic E-state index is 13.0. The van der Waals surface area contributed by atoms with Crippen LogP contribution in [-0.4, -0.2) is 42.8 Å². The number of aryl methyl sites for hydroxylation is 1. The van der Waals surface area contributed by atoms with Crippen LogP contribution in [0, 0.1) is 6.92 Å². The zero-order valence-corrected chi connectivity index (χ0v) is 19.6. The summed E-state index contributed by atoms with van der Waals surface area (Å²) in [5, 5.41) is 13.6. The van der Waals surface area contributed by atoms with Crippen molar-refractivity contribution in [3.05, 3.63) is 75.7 Å². The highest BCUT2D eigenvalue weighted by Gasteiger charge is 2.28. The first kappa shape index (κ1) is 22.5. The summed E-state index contributed by atoms with van der Waals surface area (Å²) in [5.41, 5.74) is 2.56. The normalized spacial score (nSPS) is 17.1. The van der Waals surface area contributed by atoms with E-state index >= 15 is 0 Å². The molecule has 0 saturated carbocycles. The van der Waals surface area contributed by atoms with Crippen molar-refractivity contribution in [3.63, 3.8) is 0 Å². The number of benzene rings is 1. The molecule has 1 saturated heterocycles. The molecule has 1 N–H and O–H groups in total. The number of hydrogen-bond donors (Lipinski definition) is 1. The average Bonchev–Trinajstić information content (AvgIpc) is 3.60.